The summed E-state index contributed by atoms with van der Waals surface area (Å²) >= 11 is 0. The number of esters is 1. The van der Waals surface area contributed by atoms with Crippen LogP contribution in [-0.2, 0) is 9.53 Å². The van der Waals surface area contributed by atoms with Gasteiger partial charge in [0.05, 0.1) is 18.6 Å². The highest BCUT2D eigenvalue weighted by atomic mass is 16.5. The average molecular weight is 374 g/mol. The van der Waals surface area contributed by atoms with Gasteiger partial charge in [0.15, 0.2) is 0 Å². The summed E-state index contributed by atoms with van der Waals surface area (Å²) in [6.45, 7) is 3.18. The van der Waals surface area contributed by atoms with Crippen LogP contribution in [0.15, 0.2) is 18.2 Å². The fourth-order valence-corrected chi connectivity index (χ4v) is 3.70. The topological polar surface area (TPSA) is 90.6 Å². The van der Waals surface area contributed by atoms with Crippen LogP contribution < -0.4 is 15.8 Å². The SMILES string of the molecule is CCOC(=O)[C@H]1CC[C@@H](Oc2ccc(C(=O)NCCN)c(C3CC3)c2)CC1. The van der Waals surface area contributed by atoms with Gasteiger partial charge in [-0.05, 0) is 75.1 Å². The molecular weight excluding hydrogens is 344 g/mol. The second kappa shape index (κ2) is 9.22. The van der Waals surface area contributed by atoms with Crippen molar-refractivity contribution in [2.24, 2.45) is 11.7 Å². The molecule has 0 spiro atoms. The van der Waals surface area contributed by atoms with Gasteiger partial charge in [-0.15, -0.1) is 0 Å². The van der Waals surface area contributed by atoms with E-state index in [2.05, 4.69) is 5.32 Å². The Kier molecular flexibility index (Phi) is 6.72. The molecule has 6 nitrogen and oxygen atoms in total. The van der Waals surface area contributed by atoms with E-state index in [9.17, 15) is 9.59 Å². The first-order valence-electron chi connectivity index (χ1n) is 10.1. The van der Waals surface area contributed by atoms with Crippen LogP contribution in [0.1, 0.15) is 67.3 Å². The average Bonchev–Trinajstić information content (AvgIpc) is 3.52. The Bertz CT molecular complexity index is 664. The number of benzene rings is 1. The number of hydrogen-bond acceptors (Lipinski definition) is 5. The number of nitrogens with one attached hydrogen (secondary N) is 1. The van der Waals surface area contributed by atoms with E-state index >= 15 is 0 Å². The molecule has 2 aliphatic rings. The van der Waals surface area contributed by atoms with Gasteiger partial charge in [-0.2, -0.15) is 0 Å². The first kappa shape index (κ1) is 19.7. The van der Waals surface area contributed by atoms with Gasteiger partial charge in [0.25, 0.3) is 5.91 Å². The Morgan fingerprint density at radius 1 is 1.15 bits per heavy atom. The van der Waals surface area contributed by atoms with Crippen LogP contribution in [0.3, 0.4) is 0 Å². The lowest BCUT2D eigenvalue weighted by Crippen LogP contribution is -2.30. The molecule has 1 amide bonds. The molecule has 148 valence electrons. The highest BCUT2D eigenvalue weighted by Gasteiger charge is 2.30. The summed E-state index contributed by atoms with van der Waals surface area (Å²) in [5, 5.41) is 2.85. The molecule has 2 saturated carbocycles. The fourth-order valence-electron chi connectivity index (χ4n) is 3.70. The number of ether oxygens (including phenoxy) is 2. The van der Waals surface area contributed by atoms with Gasteiger partial charge in [0.1, 0.15) is 5.75 Å². The second-order valence-electron chi connectivity index (χ2n) is 7.41. The highest BCUT2D eigenvalue weighted by Crippen LogP contribution is 2.43. The number of hydrogen-bond donors (Lipinski definition) is 2. The monoisotopic (exact) mass is 374 g/mol. The molecule has 0 atom stereocenters. The Balaban J connectivity index is 1.60. The minimum absolute atomic E-state index is 0.000409. The summed E-state index contributed by atoms with van der Waals surface area (Å²) in [5.74, 6) is 1.11. The van der Waals surface area contributed by atoms with Crippen LogP contribution in [0.4, 0.5) is 0 Å². The summed E-state index contributed by atoms with van der Waals surface area (Å²) in [6, 6.07) is 5.76. The minimum atomic E-state index is -0.0835. The fraction of sp³-hybridized carbons (Fsp3) is 0.619. The predicted octanol–water partition coefficient (Wildman–Crippen LogP) is 2.75. The quantitative estimate of drug-likeness (QED) is 0.683. The van der Waals surface area contributed by atoms with Gasteiger partial charge in [0, 0.05) is 18.7 Å². The number of carbonyl (C=O) groups is 2. The Labute approximate surface area is 160 Å². The van der Waals surface area contributed by atoms with Gasteiger partial charge >= 0.3 is 5.97 Å². The first-order chi connectivity index (χ1) is 13.1. The van der Waals surface area contributed by atoms with E-state index in [4.69, 9.17) is 15.2 Å². The normalized spacial score (nSPS) is 22.1. The molecule has 0 heterocycles. The molecule has 0 radical (unpaired) electrons. The molecular formula is C21H30N2O4. The molecule has 0 aromatic heterocycles. The van der Waals surface area contributed by atoms with Gasteiger partial charge in [-0.25, -0.2) is 0 Å². The van der Waals surface area contributed by atoms with E-state index in [0.29, 0.717) is 25.6 Å². The van der Waals surface area contributed by atoms with E-state index in [1.807, 2.05) is 25.1 Å². The molecule has 3 N–H and O–H groups in total. The predicted molar refractivity (Wildman–Crippen MR) is 103 cm³/mol. The number of carbonyl (C=O) groups excluding carboxylic acids is 2. The molecule has 1 aromatic rings. The maximum Gasteiger partial charge on any atom is 0.308 e. The summed E-state index contributed by atoms with van der Waals surface area (Å²) in [6.07, 6.45) is 5.65. The van der Waals surface area contributed by atoms with Crippen LogP contribution in [0, 0.1) is 5.92 Å². The van der Waals surface area contributed by atoms with E-state index in [1.54, 1.807) is 0 Å². The number of amides is 1. The minimum Gasteiger partial charge on any atom is -0.490 e. The van der Waals surface area contributed by atoms with Crippen LogP contribution >= 0.6 is 0 Å². The standard InChI is InChI=1S/C21H30N2O4/c1-2-26-21(25)15-5-7-16(8-6-15)27-17-9-10-18(20(24)23-12-11-22)19(13-17)14-3-4-14/h9-10,13-16H,2-8,11-12,22H2,1H3,(H,23,24)/t15-,16+. The van der Waals surface area contributed by atoms with Gasteiger partial charge < -0.3 is 20.5 Å². The molecule has 2 aliphatic carbocycles. The molecule has 0 saturated heterocycles. The summed E-state index contributed by atoms with van der Waals surface area (Å²) in [4.78, 5) is 24.2. The molecule has 6 heteroatoms. The van der Waals surface area contributed by atoms with E-state index < -0.39 is 0 Å². The number of nitrogens with two attached hydrogens (primary N) is 1. The molecule has 0 aliphatic heterocycles. The zero-order valence-electron chi connectivity index (χ0n) is 16.0. The van der Waals surface area contributed by atoms with Crippen molar-refractivity contribution in [3.05, 3.63) is 29.3 Å². The van der Waals surface area contributed by atoms with Crippen molar-refractivity contribution in [1.82, 2.24) is 5.32 Å². The summed E-state index contributed by atoms with van der Waals surface area (Å²) < 4.78 is 11.3. The Morgan fingerprint density at radius 3 is 2.52 bits per heavy atom. The molecule has 0 bridgehead atoms. The maximum absolute atomic E-state index is 12.4. The molecule has 0 unspecified atom stereocenters. The van der Waals surface area contributed by atoms with E-state index in [0.717, 1.165) is 55.4 Å². The Hall–Kier alpha value is -2.08. The smallest absolute Gasteiger partial charge is 0.308 e. The molecule has 2 fully saturated rings. The van der Waals surface area contributed by atoms with Gasteiger partial charge in [-0.1, -0.05) is 0 Å². The lowest BCUT2D eigenvalue weighted by atomic mass is 9.87. The van der Waals surface area contributed by atoms with Crippen molar-refractivity contribution in [2.75, 3.05) is 19.7 Å². The van der Waals surface area contributed by atoms with Crippen LogP contribution in [0.5, 0.6) is 5.75 Å². The molecule has 1 aromatic carbocycles. The van der Waals surface area contributed by atoms with Crippen molar-refractivity contribution in [3.63, 3.8) is 0 Å². The second-order valence-corrected chi connectivity index (χ2v) is 7.41. The van der Waals surface area contributed by atoms with Crippen molar-refractivity contribution < 1.29 is 19.1 Å². The van der Waals surface area contributed by atoms with Crippen molar-refractivity contribution in [1.29, 1.82) is 0 Å². The number of rotatable bonds is 8. The lowest BCUT2D eigenvalue weighted by Gasteiger charge is -2.28. The van der Waals surface area contributed by atoms with Crippen molar-refractivity contribution in [3.8, 4) is 5.75 Å². The third-order valence-corrected chi connectivity index (χ3v) is 5.31. The molecule has 3 rings (SSSR count). The van der Waals surface area contributed by atoms with E-state index in [1.165, 1.54) is 0 Å². The van der Waals surface area contributed by atoms with E-state index in [-0.39, 0.29) is 23.9 Å². The molecule has 27 heavy (non-hydrogen) atoms. The maximum atomic E-state index is 12.4. The summed E-state index contributed by atoms with van der Waals surface area (Å²) in [7, 11) is 0. The zero-order valence-corrected chi connectivity index (χ0v) is 16.0. The third kappa shape index (κ3) is 5.22. The Morgan fingerprint density at radius 2 is 1.89 bits per heavy atom. The van der Waals surface area contributed by atoms with Crippen molar-refractivity contribution >= 4 is 11.9 Å². The zero-order chi connectivity index (χ0) is 19.2. The first-order valence-corrected chi connectivity index (χ1v) is 10.1. The largest absolute Gasteiger partial charge is 0.490 e. The highest BCUT2D eigenvalue weighted by molar-refractivity contribution is 5.96. The van der Waals surface area contributed by atoms with Crippen molar-refractivity contribution in [2.45, 2.75) is 57.5 Å². The van der Waals surface area contributed by atoms with Gasteiger partial charge in [0.2, 0.25) is 0 Å². The van der Waals surface area contributed by atoms with Gasteiger partial charge in [-0.3, -0.25) is 9.59 Å². The summed E-state index contributed by atoms with van der Waals surface area (Å²) in [5.41, 5.74) is 7.27. The third-order valence-electron chi connectivity index (χ3n) is 5.31. The lowest BCUT2D eigenvalue weighted by molar-refractivity contribution is -0.149. The van der Waals surface area contributed by atoms with Crippen LogP contribution in [0.2, 0.25) is 0 Å². The van der Waals surface area contributed by atoms with Crippen LogP contribution in [0.25, 0.3) is 0 Å². The van der Waals surface area contributed by atoms with Crippen LogP contribution in [-0.4, -0.2) is 37.7 Å².